The summed E-state index contributed by atoms with van der Waals surface area (Å²) in [6, 6.07) is 17.6. The molecular weight excluding hydrogens is 308 g/mol. The van der Waals surface area contributed by atoms with Crippen LogP contribution in [0.15, 0.2) is 54.6 Å². The van der Waals surface area contributed by atoms with Gasteiger partial charge >= 0.3 is 0 Å². The molecule has 0 amide bonds. The van der Waals surface area contributed by atoms with Crippen LogP contribution in [0.2, 0.25) is 0 Å². The molecule has 2 nitrogen and oxygen atoms in total. The van der Waals surface area contributed by atoms with Crippen LogP contribution >= 0.6 is 0 Å². The summed E-state index contributed by atoms with van der Waals surface area (Å²) in [5.41, 5.74) is 8.08. The molecule has 1 atom stereocenters. The van der Waals surface area contributed by atoms with Gasteiger partial charge in [0.05, 0.1) is 0 Å². The Morgan fingerprint density at radius 3 is 1.96 bits per heavy atom. The van der Waals surface area contributed by atoms with E-state index in [4.69, 9.17) is 0 Å². The van der Waals surface area contributed by atoms with Crippen LogP contribution in [0.4, 0.5) is 0 Å². The lowest BCUT2D eigenvalue weighted by atomic mass is 9.79. The zero-order chi connectivity index (χ0) is 18.1. The molecule has 0 aliphatic heterocycles. The van der Waals surface area contributed by atoms with Gasteiger partial charge in [0.25, 0.3) is 0 Å². The predicted molar refractivity (Wildman–Crippen MR) is 103 cm³/mol. The number of phenolic OH excluding ortho intramolecular Hbond substituents is 2. The lowest BCUT2D eigenvalue weighted by molar-refractivity contribution is 0.470. The molecule has 2 N–H and O–H groups in total. The van der Waals surface area contributed by atoms with Crippen molar-refractivity contribution in [2.24, 2.45) is 0 Å². The fourth-order valence-corrected chi connectivity index (χ4v) is 3.42. The third-order valence-electron chi connectivity index (χ3n) is 5.30. The summed E-state index contributed by atoms with van der Waals surface area (Å²) in [5.74, 6) is 0.647. The standard InChI is InChI=1S/C23H24O2/c1-14-6-5-7-20(15(14)2)23(18-8-10-19(24)11-9-18)21-12-13-22(25)17(4)16(21)3/h5-13,23-25H,1-4H3. The monoisotopic (exact) mass is 332 g/mol. The Labute approximate surface area is 149 Å². The first-order chi connectivity index (χ1) is 11.9. The zero-order valence-electron chi connectivity index (χ0n) is 15.2. The normalized spacial score (nSPS) is 12.2. The van der Waals surface area contributed by atoms with Crippen LogP contribution < -0.4 is 0 Å². The smallest absolute Gasteiger partial charge is 0.118 e. The van der Waals surface area contributed by atoms with Gasteiger partial charge in [-0.05, 0) is 84.8 Å². The zero-order valence-corrected chi connectivity index (χ0v) is 15.2. The van der Waals surface area contributed by atoms with Crippen molar-refractivity contribution >= 4 is 0 Å². The summed E-state index contributed by atoms with van der Waals surface area (Å²) in [6.07, 6.45) is 0. The number of hydrogen-bond donors (Lipinski definition) is 2. The molecule has 0 aliphatic rings. The van der Waals surface area contributed by atoms with E-state index in [1.807, 2.05) is 25.1 Å². The fourth-order valence-electron chi connectivity index (χ4n) is 3.42. The summed E-state index contributed by atoms with van der Waals surface area (Å²) in [4.78, 5) is 0. The van der Waals surface area contributed by atoms with Crippen LogP contribution in [0, 0.1) is 27.7 Å². The molecule has 0 heterocycles. The quantitative estimate of drug-likeness (QED) is 0.621. The number of benzene rings is 3. The summed E-state index contributed by atoms with van der Waals surface area (Å²) < 4.78 is 0. The minimum Gasteiger partial charge on any atom is -0.508 e. The van der Waals surface area contributed by atoms with Crippen molar-refractivity contribution in [3.8, 4) is 11.5 Å². The Morgan fingerprint density at radius 2 is 1.28 bits per heavy atom. The number of aromatic hydroxyl groups is 2. The highest BCUT2D eigenvalue weighted by Gasteiger charge is 2.22. The Morgan fingerprint density at radius 1 is 0.640 bits per heavy atom. The summed E-state index contributed by atoms with van der Waals surface area (Å²) in [6.45, 7) is 8.29. The third kappa shape index (κ3) is 3.12. The summed E-state index contributed by atoms with van der Waals surface area (Å²) >= 11 is 0. The van der Waals surface area contributed by atoms with Gasteiger partial charge in [-0.25, -0.2) is 0 Å². The van der Waals surface area contributed by atoms with Crippen LogP contribution in [-0.2, 0) is 0 Å². The summed E-state index contributed by atoms with van der Waals surface area (Å²) in [7, 11) is 0. The molecule has 0 fully saturated rings. The molecule has 0 aromatic heterocycles. The van der Waals surface area contributed by atoms with Crippen molar-refractivity contribution in [1.82, 2.24) is 0 Å². The van der Waals surface area contributed by atoms with Gasteiger partial charge in [-0.3, -0.25) is 0 Å². The predicted octanol–water partition coefficient (Wildman–Crippen LogP) is 5.51. The molecule has 0 bridgehead atoms. The molecule has 25 heavy (non-hydrogen) atoms. The van der Waals surface area contributed by atoms with Crippen molar-refractivity contribution < 1.29 is 10.2 Å². The lowest BCUT2D eigenvalue weighted by Crippen LogP contribution is -2.08. The van der Waals surface area contributed by atoms with E-state index in [9.17, 15) is 10.2 Å². The van der Waals surface area contributed by atoms with Crippen LogP contribution in [-0.4, -0.2) is 10.2 Å². The van der Waals surface area contributed by atoms with Crippen LogP contribution in [0.3, 0.4) is 0 Å². The number of phenols is 2. The SMILES string of the molecule is Cc1cccc(C(c2ccc(O)cc2)c2ccc(O)c(C)c2C)c1C. The Balaban J connectivity index is 2.28. The minimum atomic E-state index is 0.0554. The van der Waals surface area contributed by atoms with Gasteiger partial charge in [-0.2, -0.15) is 0 Å². The van der Waals surface area contributed by atoms with Crippen molar-refractivity contribution in [1.29, 1.82) is 0 Å². The van der Waals surface area contributed by atoms with Crippen molar-refractivity contribution in [2.45, 2.75) is 33.6 Å². The largest absolute Gasteiger partial charge is 0.508 e. The molecule has 3 rings (SSSR count). The Bertz CT molecular complexity index is 908. The molecule has 2 heteroatoms. The van der Waals surface area contributed by atoms with E-state index < -0.39 is 0 Å². The van der Waals surface area contributed by atoms with Gasteiger partial charge in [0.1, 0.15) is 11.5 Å². The van der Waals surface area contributed by atoms with Gasteiger partial charge in [0.15, 0.2) is 0 Å². The number of aryl methyl sites for hydroxylation is 1. The van der Waals surface area contributed by atoms with Gasteiger partial charge in [0.2, 0.25) is 0 Å². The topological polar surface area (TPSA) is 40.5 Å². The maximum absolute atomic E-state index is 10.0. The van der Waals surface area contributed by atoms with Gasteiger partial charge in [-0.15, -0.1) is 0 Å². The second kappa shape index (κ2) is 6.64. The Hall–Kier alpha value is -2.74. The van der Waals surface area contributed by atoms with Crippen molar-refractivity contribution in [2.75, 3.05) is 0 Å². The molecule has 3 aromatic rings. The molecule has 1 unspecified atom stereocenters. The van der Waals surface area contributed by atoms with Crippen LogP contribution in [0.1, 0.15) is 44.9 Å². The third-order valence-corrected chi connectivity index (χ3v) is 5.30. The molecule has 0 saturated heterocycles. The highest BCUT2D eigenvalue weighted by molar-refractivity contribution is 5.54. The molecule has 0 radical (unpaired) electrons. The van der Waals surface area contributed by atoms with E-state index in [-0.39, 0.29) is 11.7 Å². The first-order valence-electron chi connectivity index (χ1n) is 8.54. The van der Waals surface area contributed by atoms with E-state index in [1.165, 1.54) is 22.3 Å². The number of rotatable bonds is 3. The van der Waals surface area contributed by atoms with Crippen LogP contribution in [0.25, 0.3) is 0 Å². The van der Waals surface area contributed by atoms with Gasteiger partial charge < -0.3 is 10.2 Å². The fraction of sp³-hybridized carbons (Fsp3) is 0.217. The summed E-state index contributed by atoms with van der Waals surface area (Å²) in [5, 5.41) is 19.7. The Kier molecular flexibility index (Phi) is 4.54. The highest BCUT2D eigenvalue weighted by Crippen LogP contribution is 2.39. The van der Waals surface area contributed by atoms with Crippen molar-refractivity contribution in [3.63, 3.8) is 0 Å². The second-order valence-electron chi connectivity index (χ2n) is 6.74. The molecule has 128 valence electrons. The minimum absolute atomic E-state index is 0.0554. The maximum atomic E-state index is 10.0. The van der Waals surface area contributed by atoms with E-state index in [1.54, 1.807) is 18.2 Å². The molecule has 0 saturated carbocycles. The average Bonchev–Trinajstić information content (AvgIpc) is 2.60. The molecule has 3 aromatic carbocycles. The van der Waals surface area contributed by atoms with Crippen LogP contribution in [0.5, 0.6) is 11.5 Å². The maximum Gasteiger partial charge on any atom is 0.118 e. The van der Waals surface area contributed by atoms with E-state index >= 15 is 0 Å². The van der Waals surface area contributed by atoms with E-state index in [0.29, 0.717) is 5.75 Å². The van der Waals surface area contributed by atoms with E-state index in [2.05, 4.69) is 39.0 Å². The first-order valence-corrected chi connectivity index (χ1v) is 8.54. The van der Waals surface area contributed by atoms with Gasteiger partial charge in [0, 0.05) is 5.92 Å². The first kappa shape index (κ1) is 17.1. The molecular formula is C23H24O2. The molecule has 0 spiro atoms. The highest BCUT2D eigenvalue weighted by atomic mass is 16.3. The van der Waals surface area contributed by atoms with E-state index in [0.717, 1.165) is 16.7 Å². The van der Waals surface area contributed by atoms with Gasteiger partial charge in [-0.1, -0.05) is 36.4 Å². The lowest BCUT2D eigenvalue weighted by Gasteiger charge is -2.24. The molecule has 0 aliphatic carbocycles. The number of hydrogen-bond acceptors (Lipinski definition) is 2. The van der Waals surface area contributed by atoms with Crippen molar-refractivity contribution in [3.05, 3.63) is 93.5 Å². The average molecular weight is 332 g/mol. The second-order valence-corrected chi connectivity index (χ2v) is 6.74.